The Morgan fingerprint density at radius 3 is 2.30 bits per heavy atom. The zero-order chi connectivity index (χ0) is 21.1. The van der Waals surface area contributed by atoms with Gasteiger partial charge in [0.25, 0.3) is 11.6 Å². The van der Waals surface area contributed by atoms with Gasteiger partial charge in [0.2, 0.25) is 0 Å². The Morgan fingerprint density at radius 1 is 0.967 bits per heavy atom. The molecule has 0 N–H and O–H groups in total. The second kappa shape index (κ2) is 8.00. The van der Waals surface area contributed by atoms with E-state index in [1.807, 2.05) is 54.6 Å². The number of non-ortho nitro benzene ring substituents is 1. The van der Waals surface area contributed by atoms with Crippen LogP contribution in [0.3, 0.4) is 0 Å². The number of nitro groups is 1. The Balaban J connectivity index is 1.81. The van der Waals surface area contributed by atoms with E-state index in [0.717, 1.165) is 0 Å². The van der Waals surface area contributed by atoms with E-state index in [-0.39, 0.29) is 17.3 Å². The van der Waals surface area contributed by atoms with Crippen LogP contribution in [0.15, 0.2) is 89.6 Å². The van der Waals surface area contributed by atoms with Crippen molar-refractivity contribution in [2.75, 3.05) is 12.0 Å². The molecule has 7 nitrogen and oxygen atoms in total. The quantitative estimate of drug-likeness (QED) is 0.361. The van der Waals surface area contributed by atoms with Crippen LogP contribution >= 0.6 is 0 Å². The molecule has 0 atom stereocenters. The van der Waals surface area contributed by atoms with Crippen molar-refractivity contribution in [1.29, 1.82) is 0 Å². The molecule has 3 aromatic rings. The summed E-state index contributed by atoms with van der Waals surface area (Å²) in [5.41, 5.74) is 2.22. The van der Waals surface area contributed by atoms with Crippen LogP contribution in [0.1, 0.15) is 11.1 Å². The van der Waals surface area contributed by atoms with Gasteiger partial charge in [0.15, 0.2) is 5.84 Å². The fourth-order valence-electron chi connectivity index (χ4n) is 3.19. The number of benzene rings is 3. The summed E-state index contributed by atoms with van der Waals surface area (Å²) in [4.78, 5) is 29.8. The Bertz CT molecular complexity index is 1170. The van der Waals surface area contributed by atoms with Gasteiger partial charge >= 0.3 is 0 Å². The Labute approximate surface area is 172 Å². The van der Waals surface area contributed by atoms with Crippen LogP contribution in [-0.4, -0.2) is 23.8 Å². The van der Waals surface area contributed by atoms with Gasteiger partial charge in [-0.3, -0.25) is 19.8 Å². The number of aliphatic imine (C=N–C) groups is 1. The molecule has 1 aliphatic heterocycles. The fourth-order valence-corrected chi connectivity index (χ4v) is 3.19. The van der Waals surface area contributed by atoms with E-state index in [0.29, 0.717) is 28.4 Å². The summed E-state index contributed by atoms with van der Waals surface area (Å²) in [5.74, 6) is 0.763. The van der Waals surface area contributed by atoms with Crippen molar-refractivity contribution < 1.29 is 14.5 Å². The molecule has 0 spiro atoms. The lowest BCUT2D eigenvalue weighted by Crippen LogP contribution is -2.32. The number of carbonyl (C=O) groups is 1. The number of nitrogens with zero attached hydrogens (tertiary/aromatic N) is 3. The van der Waals surface area contributed by atoms with E-state index in [2.05, 4.69) is 4.99 Å². The second-order valence-corrected chi connectivity index (χ2v) is 6.49. The van der Waals surface area contributed by atoms with Crippen molar-refractivity contribution in [3.05, 3.63) is 106 Å². The molecule has 0 fully saturated rings. The van der Waals surface area contributed by atoms with Crippen molar-refractivity contribution in [3.63, 3.8) is 0 Å². The number of hydrogen-bond acceptors (Lipinski definition) is 5. The highest BCUT2D eigenvalue weighted by Gasteiger charge is 2.33. The van der Waals surface area contributed by atoms with E-state index in [9.17, 15) is 14.9 Å². The van der Waals surface area contributed by atoms with E-state index < -0.39 is 4.92 Å². The number of carbonyl (C=O) groups excluding carboxylic acids is 1. The number of rotatable bonds is 5. The number of ether oxygens (including phenoxy) is 1. The number of para-hydroxylation sites is 2. The van der Waals surface area contributed by atoms with Gasteiger partial charge in [0.05, 0.1) is 23.3 Å². The first-order valence-electron chi connectivity index (χ1n) is 9.16. The lowest BCUT2D eigenvalue weighted by atomic mass is 10.1. The number of nitro benzene ring substituents is 1. The minimum Gasteiger partial charge on any atom is -0.496 e. The van der Waals surface area contributed by atoms with Crippen LogP contribution in [0.25, 0.3) is 6.08 Å². The zero-order valence-corrected chi connectivity index (χ0v) is 16.1. The molecule has 0 bridgehead atoms. The van der Waals surface area contributed by atoms with Gasteiger partial charge in [0, 0.05) is 12.1 Å². The molecule has 0 saturated carbocycles. The zero-order valence-electron chi connectivity index (χ0n) is 16.1. The van der Waals surface area contributed by atoms with Gasteiger partial charge in [-0.25, -0.2) is 4.99 Å². The molecule has 0 aromatic heterocycles. The van der Waals surface area contributed by atoms with Crippen LogP contribution in [0, 0.1) is 10.1 Å². The second-order valence-electron chi connectivity index (χ2n) is 6.49. The van der Waals surface area contributed by atoms with E-state index in [1.54, 1.807) is 25.3 Å². The first-order chi connectivity index (χ1) is 14.6. The standard InChI is InChI=1S/C23H17N3O4/c1-30-21-10-6-5-9-19(21)22-24-20(15-16-11-13-18(14-12-16)26(28)29)23(27)25(22)17-7-3-2-4-8-17/h2-15H,1H3/b20-15+. The summed E-state index contributed by atoms with van der Waals surface area (Å²) in [6.07, 6.45) is 1.62. The molecule has 1 heterocycles. The number of methoxy groups -OCH3 is 1. The number of amidine groups is 1. The molecule has 4 rings (SSSR count). The largest absolute Gasteiger partial charge is 0.496 e. The average Bonchev–Trinajstić information content (AvgIpc) is 3.10. The van der Waals surface area contributed by atoms with Gasteiger partial charge in [-0.15, -0.1) is 0 Å². The SMILES string of the molecule is COc1ccccc1C1=N/C(=C/c2ccc([N+](=O)[O-])cc2)C(=O)N1c1ccccc1. The third kappa shape index (κ3) is 3.56. The fraction of sp³-hybridized carbons (Fsp3) is 0.0435. The number of hydrogen-bond donors (Lipinski definition) is 0. The number of amides is 1. The molecule has 0 radical (unpaired) electrons. The normalized spacial score (nSPS) is 14.7. The minimum absolute atomic E-state index is 0.0148. The lowest BCUT2D eigenvalue weighted by molar-refractivity contribution is -0.384. The molecule has 3 aromatic carbocycles. The predicted molar refractivity (Wildman–Crippen MR) is 115 cm³/mol. The first-order valence-corrected chi connectivity index (χ1v) is 9.16. The highest BCUT2D eigenvalue weighted by Crippen LogP contribution is 2.31. The number of anilines is 1. The van der Waals surface area contributed by atoms with Crippen molar-refractivity contribution in [2.24, 2.45) is 4.99 Å². The van der Waals surface area contributed by atoms with E-state index in [1.165, 1.54) is 17.0 Å². The van der Waals surface area contributed by atoms with Crippen LogP contribution in [0.5, 0.6) is 5.75 Å². The minimum atomic E-state index is -0.466. The topological polar surface area (TPSA) is 85.0 Å². The predicted octanol–water partition coefficient (Wildman–Crippen LogP) is 4.44. The molecule has 148 valence electrons. The maximum atomic E-state index is 13.3. The van der Waals surface area contributed by atoms with Crippen molar-refractivity contribution in [2.45, 2.75) is 0 Å². The van der Waals surface area contributed by atoms with Gasteiger partial charge < -0.3 is 4.74 Å². The molecule has 0 aliphatic carbocycles. The van der Waals surface area contributed by atoms with Crippen LogP contribution in [-0.2, 0) is 4.79 Å². The van der Waals surface area contributed by atoms with Gasteiger partial charge in [0.1, 0.15) is 11.4 Å². The molecular weight excluding hydrogens is 382 g/mol. The smallest absolute Gasteiger partial charge is 0.282 e. The molecular formula is C23H17N3O4. The maximum absolute atomic E-state index is 13.3. The van der Waals surface area contributed by atoms with Crippen LogP contribution < -0.4 is 9.64 Å². The van der Waals surface area contributed by atoms with E-state index in [4.69, 9.17) is 4.74 Å². The summed E-state index contributed by atoms with van der Waals surface area (Å²) in [6.45, 7) is 0. The third-order valence-corrected chi connectivity index (χ3v) is 4.63. The maximum Gasteiger partial charge on any atom is 0.282 e. The average molecular weight is 399 g/mol. The summed E-state index contributed by atoms with van der Waals surface area (Å²) < 4.78 is 5.46. The van der Waals surface area contributed by atoms with Crippen LogP contribution in [0.2, 0.25) is 0 Å². The Hall–Kier alpha value is -4.26. The van der Waals surface area contributed by atoms with Gasteiger partial charge in [-0.05, 0) is 48.0 Å². The van der Waals surface area contributed by atoms with Gasteiger partial charge in [-0.2, -0.15) is 0 Å². The summed E-state index contributed by atoms with van der Waals surface area (Å²) in [7, 11) is 1.57. The lowest BCUT2D eigenvalue weighted by Gasteiger charge is -2.19. The van der Waals surface area contributed by atoms with E-state index >= 15 is 0 Å². The highest BCUT2D eigenvalue weighted by atomic mass is 16.6. The summed E-state index contributed by atoms with van der Waals surface area (Å²) in [6, 6.07) is 22.5. The van der Waals surface area contributed by atoms with Crippen molar-refractivity contribution in [1.82, 2.24) is 0 Å². The highest BCUT2D eigenvalue weighted by molar-refractivity contribution is 6.33. The summed E-state index contributed by atoms with van der Waals surface area (Å²) in [5, 5.41) is 10.9. The molecule has 30 heavy (non-hydrogen) atoms. The Kier molecular flexibility index (Phi) is 5.09. The first kappa shape index (κ1) is 19.1. The van der Waals surface area contributed by atoms with Gasteiger partial charge in [-0.1, -0.05) is 30.3 Å². The molecule has 7 heteroatoms. The Morgan fingerprint density at radius 2 is 1.63 bits per heavy atom. The molecule has 1 aliphatic rings. The molecule has 0 unspecified atom stereocenters. The molecule has 1 amide bonds. The van der Waals surface area contributed by atoms with Crippen molar-refractivity contribution in [3.8, 4) is 5.75 Å². The van der Waals surface area contributed by atoms with Crippen LogP contribution in [0.4, 0.5) is 11.4 Å². The van der Waals surface area contributed by atoms with Crippen molar-refractivity contribution >= 4 is 29.2 Å². The summed E-state index contributed by atoms with van der Waals surface area (Å²) >= 11 is 0. The molecule has 0 saturated heterocycles. The monoisotopic (exact) mass is 399 g/mol. The third-order valence-electron chi connectivity index (χ3n) is 4.63.